The van der Waals surface area contributed by atoms with Crippen LogP contribution >= 0.6 is 0 Å². The molecule has 3 rings (SSSR count). The molecule has 0 bridgehead atoms. The van der Waals surface area contributed by atoms with Crippen LogP contribution in [0, 0.1) is 6.92 Å². The molecular weight excluding hydrogens is 242 g/mol. The molecule has 0 atom stereocenters. The number of aryl methyl sites for hydroxylation is 1. The highest BCUT2D eigenvalue weighted by Gasteiger charge is 2.30. The summed E-state index contributed by atoms with van der Waals surface area (Å²) >= 11 is 0. The molecule has 2 aromatic heterocycles. The van der Waals surface area contributed by atoms with Crippen LogP contribution in [-0.4, -0.2) is 21.1 Å². The third-order valence-corrected chi connectivity index (χ3v) is 3.16. The monoisotopic (exact) mass is 257 g/mol. The summed E-state index contributed by atoms with van der Waals surface area (Å²) in [5.41, 5.74) is 8.36. The number of rotatable bonds is 3. The Morgan fingerprint density at radius 2 is 2.26 bits per heavy atom. The zero-order chi connectivity index (χ0) is 13.4. The van der Waals surface area contributed by atoms with Crippen LogP contribution in [0.4, 0.5) is 11.5 Å². The normalized spacial score (nSPS) is 14.4. The van der Waals surface area contributed by atoms with Gasteiger partial charge in [0.25, 0.3) is 5.91 Å². The Kier molecular flexibility index (Phi) is 2.70. The zero-order valence-electron chi connectivity index (χ0n) is 10.6. The van der Waals surface area contributed by atoms with Crippen molar-refractivity contribution in [2.24, 2.45) is 0 Å². The number of nitrogens with one attached hydrogen (secondary N) is 2. The summed E-state index contributed by atoms with van der Waals surface area (Å²) in [5.74, 6) is 0.602. The summed E-state index contributed by atoms with van der Waals surface area (Å²) in [5, 5.41) is 9.56. The van der Waals surface area contributed by atoms with Gasteiger partial charge in [-0.3, -0.25) is 9.89 Å². The molecule has 1 aliphatic rings. The van der Waals surface area contributed by atoms with Gasteiger partial charge >= 0.3 is 0 Å². The maximum atomic E-state index is 12.1. The molecule has 6 nitrogen and oxygen atoms in total. The number of hydrogen-bond donors (Lipinski definition) is 3. The van der Waals surface area contributed by atoms with Crippen molar-refractivity contribution in [2.45, 2.75) is 25.7 Å². The minimum absolute atomic E-state index is 0.241. The first-order valence-corrected chi connectivity index (χ1v) is 6.24. The number of amides is 1. The van der Waals surface area contributed by atoms with Gasteiger partial charge in [-0.05, 0) is 31.9 Å². The van der Waals surface area contributed by atoms with Gasteiger partial charge in [0.1, 0.15) is 5.82 Å². The molecule has 0 aliphatic heterocycles. The fourth-order valence-corrected chi connectivity index (χ4v) is 2.01. The van der Waals surface area contributed by atoms with E-state index in [1.165, 1.54) is 0 Å². The Bertz CT molecular complexity index is 630. The average Bonchev–Trinajstić information content (AvgIpc) is 3.13. The van der Waals surface area contributed by atoms with Crippen LogP contribution < -0.4 is 11.1 Å². The number of nitrogens with two attached hydrogens (primary N) is 1. The number of anilines is 2. The summed E-state index contributed by atoms with van der Waals surface area (Å²) in [6, 6.07) is 5.43. The largest absolute Gasteiger partial charge is 0.395 e. The predicted octanol–water partition coefficient (Wildman–Crippen LogP) is 1.83. The van der Waals surface area contributed by atoms with Crippen LogP contribution in [0.1, 0.15) is 40.6 Å². The zero-order valence-corrected chi connectivity index (χ0v) is 10.6. The number of aromatic nitrogens is 3. The van der Waals surface area contributed by atoms with E-state index in [1.54, 1.807) is 6.07 Å². The van der Waals surface area contributed by atoms with Crippen LogP contribution in [0.15, 0.2) is 18.2 Å². The fraction of sp³-hybridized carbons (Fsp3) is 0.308. The second kappa shape index (κ2) is 4.38. The van der Waals surface area contributed by atoms with Crippen LogP contribution in [0.25, 0.3) is 0 Å². The maximum absolute atomic E-state index is 12.1. The Morgan fingerprint density at radius 3 is 2.95 bits per heavy atom. The van der Waals surface area contributed by atoms with Crippen molar-refractivity contribution in [3.05, 3.63) is 35.3 Å². The Labute approximate surface area is 110 Å². The smallest absolute Gasteiger partial charge is 0.279 e. The van der Waals surface area contributed by atoms with Crippen molar-refractivity contribution in [1.29, 1.82) is 0 Å². The average molecular weight is 257 g/mol. The van der Waals surface area contributed by atoms with Crippen LogP contribution in [0.5, 0.6) is 0 Å². The van der Waals surface area contributed by atoms with Crippen molar-refractivity contribution in [3.63, 3.8) is 0 Å². The molecular formula is C13H15N5O. The van der Waals surface area contributed by atoms with Crippen molar-refractivity contribution in [3.8, 4) is 0 Å². The van der Waals surface area contributed by atoms with Crippen molar-refractivity contribution >= 4 is 17.4 Å². The van der Waals surface area contributed by atoms with E-state index in [4.69, 9.17) is 5.73 Å². The van der Waals surface area contributed by atoms with E-state index in [1.807, 2.05) is 19.1 Å². The molecule has 98 valence electrons. The minimum atomic E-state index is -0.334. The van der Waals surface area contributed by atoms with Crippen molar-refractivity contribution in [2.75, 3.05) is 11.1 Å². The van der Waals surface area contributed by atoms with Crippen molar-refractivity contribution < 1.29 is 4.79 Å². The number of nitrogens with zero attached hydrogens (tertiary/aromatic N) is 2. The molecule has 2 heterocycles. The van der Waals surface area contributed by atoms with Gasteiger partial charge in [-0.25, -0.2) is 4.98 Å². The molecule has 1 amide bonds. The lowest BCUT2D eigenvalue weighted by Crippen LogP contribution is -2.15. The molecule has 0 aromatic carbocycles. The quantitative estimate of drug-likeness (QED) is 0.781. The van der Waals surface area contributed by atoms with Crippen LogP contribution in [0.3, 0.4) is 0 Å². The van der Waals surface area contributed by atoms with Crippen molar-refractivity contribution in [1.82, 2.24) is 15.2 Å². The molecule has 0 spiro atoms. The Balaban J connectivity index is 1.80. The molecule has 1 fully saturated rings. The van der Waals surface area contributed by atoms with Gasteiger partial charge in [0.15, 0.2) is 5.69 Å². The lowest BCUT2D eigenvalue weighted by Gasteiger charge is -2.03. The number of carbonyl (C=O) groups is 1. The molecule has 0 saturated heterocycles. The van der Waals surface area contributed by atoms with Crippen LogP contribution in [-0.2, 0) is 0 Å². The SMILES string of the molecule is Cc1cccc(NC(=O)c2n[nH]c(C3CC3)c2N)n1. The summed E-state index contributed by atoms with van der Waals surface area (Å²) in [4.78, 5) is 16.3. The van der Waals surface area contributed by atoms with E-state index < -0.39 is 0 Å². The summed E-state index contributed by atoms with van der Waals surface area (Å²) < 4.78 is 0. The first-order chi connectivity index (χ1) is 9.15. The number of nitrogen functional groups attached to an aromatic ring is 1. The van der Waals surface area contributed by atoms with E-state index >= 15 is 0 Å². The van der Waals surface area contributed by atoms with E-state index in [9.17, 15) is 4.79 Å². The first kappa shape index (κ1) is 11.7. The Morgan fingerprint density at radius 1 is 1.47 bits per heavy atom. The third kappa shape index (κ3) is 2.29. The number of hydrogen-bond acceptors (Lipinski definition) is 4. The van der Waals surface area contributed by atoms with E-state index in [2.05, 4.69) is 20.5 Å². The van der Waals surface area contributed by atoms with Gasteiger partial charge in [0, 0.05) is 11.6 Å². The third-order valence-electron chi connectivity index (χ3n) is 3.16. The number of aromatic amines is 1. The fourth-order valence-electron chi connectivity index (χ4n) is 2.01. The molecule has 0 unspecified atom stereocenters. The topological polar surface area (TPSA) is 96.7 Å². The standard InChI is InChI=1S/C13H15N5O/c1-7-3-2-4-9(15-7)16-13(19)12-10(14)11(17-18-12)8-5-6-8/h2-4,8H,5-6,14H2,1H3,(H,17,18)(H,15,16,19). The predicted molar refractivity (Wildman–Crippen MR) is 71.9 cm³/mol. The van der Waals surface area contributed by atoms with Gasteiger partial charge in [-0.1, -0.05) is 6.07 Å². The van der Waals surface area contributed by atoms with Gasteiger partial charge < -0.3 is 11.1 Å². The molecule has 0 radical (unpaired) electrons. The van der Waals surface area contributed by atoms with Gasteiger partial charge in [0.2, 0.25) is 0 Å². The van der Waals surface area contributed by atoms with Crippen LogP contribution in [0.2, 0.25) is 0 Å². The second-order valence-electron chi connectivity index (χ2n) is 4.79. The lowest BCUT2D eigenvalue weighted by atomic mass is 10.2. The number of pyridine rings is 1. The Hall–Kier alpha value is -2.37. The number of H-pyrrole nitrogens is 1. The molecule has 1 saturated carbocycles. The van der Waals surface area contributed by atoms with Gasteiger partial charge in [0.05, 0.1) is 11.4 Å². The molecule has 6 heteroatoms. The lowest BCUT2D eigenvalue weighted by molar-refractivity contribution is 0.102. The minimum Gasteiger partial charge on any atom is -0.395 e. The molecule has 4 N–H and O–H groups in total. The molecule has 1 aliphatic carbocycles. The highest BCUT2D eigenvalue weighted by molar-refractivity contribution is 6.06. The highest BCUT2D eigenvalue weighted by atomic mass is 16.2. The molecule has 19 heavy (non-hydrogen) atoms. The summed E-state index contributed by atoms with van der Waals surface area (Å²) in [7, 11) is 0. The van der Waals surface area contributed by atoms with Gasteiger partial charge in [-0.2, -0.15) is 5.10 Å². The second-order valence-corrected chi connectivity index (χ2v) is 4.79. The first-order valence-electron chi connectivity index (χ1n) is 6.24. The highest BCUT2D eigenvalue weighted by Crippen LogP contribution is 2.42. The van der Waals surface area contributed by atoms with E-state index in [0.29, 0.717) is 17.4 Å². The van der Waals surface area contributed by atoms with E-state index in [-0.39, 0.29) is 11.6 Å². The summed E-state index contributed by atoms with van der Waals surface area (Å²) in [6.45, 7) is 1.86. The summed E-state index contributed by atoms with van der Waals surface area (Å²) in [6.07, 6.45) is 2.21. The number of carbonyl (C=O) groups excluding carboxylic acids is 1. The van der Waals surface area contributed by atoms with E-state index in [0.717, 1.165) is 24.2 Å². The van der Waals surface area contributed by atoms with Gasteiger partial charge in [-0.15, -0.1) is 0 Å². The molecule has 2 aromatic rings. The maximum Gasteiger partial charge on any atom is 0.279 e.